The Bertz CT molecular complexity index is 277. The maximum Gasteiger partial charge on any atom is 0.309 e. The average Bonchev–Trinajstić information content (AvgIpc) is 2.16. The number of hydrogen-bond acceptors (Lipinski definition) is 3. The topological polar surface area (TPSA) is 58.5 Å². The molecule has 1 aliphatic heterocycles. The highest BCUT2D eigenvalue weighted by atomic mass is 16.3. The molecule has 12 heavy (non-hydrogen) atoms. The molecular formula is C8H8N2O2. The van der Waals surface area contributed by atoms with Gasteiger partial charge in [0.2, 0.25) is 0 Å². The summed E-state index contributed by atoms with van der Waals surface area (Å²) < 4.78 is 0. The van der Waals surface area contributed by atoms with Gasteiger partial charge in [-0.2, -0.15) is 0 Å². The molecular weight excluding hydrogens is 156 g/mol. The molecule has 1 aliphatic rings. The van der Waals surface area contributed by atoms with E-state index in [1.54, 1.807) is 12.3 Å². The molecule has 0 spiro atoms. The lowest BCUT2D eigenvalue weighted by Gasteiger charge is -2.04. The predicted molar refractivity (Wildman–Crippen MR) is 45.2 cm³/mol. The molecule has 1 heterocycles. The number of nitrogens with one attached hydrogen (secondary N) is 1. The highest BCUT2D eigenvalue weighted by molar-refractivity contribution is 5.88. The lowest BCUT2D eigenvalue weighted by atomic mass is 10.2. The Labute approximate surface area is 69.6 Å². The molecule has 4 nitrogen and oxygen atoms in total. The first kappa shape index (κ1) is 8.39. The summed E-state index contributed by atoms with van der Waals surface area (Å²) in [5.74, 6) is -0.759. The molecule has 0 bridgehead atoms. The lowest BCUT2D eigenvalue weighted by Crippen LogP contribution is -2.11. The fraction of sp³-hybridized carbons (Fsp3) is 0.125. The number of hydrogen-bond donors (Lipinski definition) is 1. The van der Waals surface area contributed by atoms with Gasteiger partial charge >= 0.3 is 5.91 Å². The molecule has 0 radical (unpaired) electrons. The molecule has 4 heteroatoms. The van der Waals surface area contributed by atoms with Gasteiger partial charge in [0, 0.05) is 17.8 Å². The third-order valence-corrected chi connectivity index (χ3v) is 1.36. The van der Waals surface area contributed by atoms with Gasteiger partial charge < -0.3 is 5.32 Å². The zero-order valence-corrected chi connectivity index (χ0v) is 6.36. The number of carbonyl (C=O) groups excluding carboxylic acids is 1. The van der Waals surface area contributed by atoms with Crippen molar-refractivity contribution in [2.24, 2.45) is 5.18 Å². The Morgan fingerprint density at radius 2 is 2.50 bits per heavy atom. The van der Waals surface area contributed by atoms with Crippen LogP contribution in [0.15, 0.2) is 41.3 Å². The van der Waals surface area contributed by atoms with Crippen molar-refractivity contribution >= 4 is 5.91 Å². The van der Waals surface area contributed by atoms with Gasteiger partial charge in [-0.1, -0.05) is 12.2 Å². The molecule has 1 N–H and O–H groups in total. The standard InChI is InChI=1S/C8H8N2O2/c11-8(10-12)4-3-7-2-1-5-9-6-7/h1-5,9H,6H2/b4-3+. The van der Waals surface area contributed by atoms with Crippen LogP contribution in [0.5, 0.6) is 0 Å². The molecule has 62 valence electrons. The van der Waals surface area contributed by atoms with Crippen LogP contribution in [0, 0.1) is 4.91 Å². The number of nitroso groups, excluding NO2 is 1. The molecule has 1 amide bonds. The van der Waals surface area contributed by atoms with E-state index in [1.807, 2.05) is 12.2 Å². The molecule has 0 atom stereocenters. The van der Waals surface area contributed by atoms with Crippen molar-refractivity contribution in [3.05, 3.63) is 41.0 Å². The second-order valence-electron chi connectivity index (χ2n) is 2.24. The molecule has 0 saturated carbocycles. The van der Waals surface area contributed by atoms with Gasteiger partial charge in [-0.3, -0.25) is 4.79 Å². The fourth-order valence-corrected chi connectivity index (χ4v) is 0.799. The van der Waals surface area contributed by atoms with Crippen LogP contribution < -0.4 is 5.32 Å². The van der Waals surface area contributed by atoms with Crippen LogP contribution in [-0.2, 0) is 4.79 Å². The number of dihydropyridines is 1. The minimum atomic E-state index is -0.759. The van der Waals surface area contributed by atoms with Gasteiger partial charge in [0.05, 0.1) is 0 Å². The summed E-state index contributed by atoms with van der Waals surface area (Å²) in [6.45, 7) is 0.666. The van der Waals surface area contributed by atoms with Crippen LogP contribution in [-0.4, -0.2) is 12.5 Å². The van der Waals surface area contributed by atoms with E-state index < -0.39 is 5.91 Å². The Balaban J connectivity index is 2.55. The molecule has 1 rings (SSSR count). The summed E-state index contributed by atoms with van der Waals surface area (Å²) in [6.07, 6.45) is 8.20. The van der Waals surface area contributed by atoms with E-state index in [9.17, 15) is 9.70 Å². The Morgan fingerprint density at radius 3 is 3.08 bits per heavy atom. The zero-order chi connectivity index (χ0) is 8.81. The number of allylic oxidation sites excluding steroid dienone is 2. The van der Waals surface area contributed by atoms with Gasteiger partial charge in [-0.05, 0) is 17.8 Å². The smallest absolute Gasteiger partial charge is 0.309 e. The van der Waals surface area contributed by atoms with Gasteiger partial charge in [0.15, 0.2) is 0 Å². The highest BCUT2D eigenvalue weighted by Crippen LogP contribution is 1.99. The summed E-state index contributed by atoms with van der Waals surface area (Å²) in [7, 11) is 0. The Morgan fingerprint density at radius 1 is 1.67 bits per heavy atom. The minimum Gasteiger partial charge on any atom is -0.387 e. The van der Waals surface area contributed by atoms with Crippen LogP contribution in [0.25, 0.3) is 0 Å². The van der Waals surface area contributed by atoms with E-state index in [-0.39, 0.29) is 0 Å². The van der Waals surface area contributed by atoms with Crippen molar-refractivity contribution in [3.63, 3.8) is 0 Å². The summed E-state index contributed by atoms with van der Waals surface area (Å²) in [5, 5.41) is 5.19. The second-order valence-corrected chi connectivity index (χ2v) is 2.24. The largest absolute Gasteiger partial charge is 0.387 e. The number of amides is 1. The van der Waals surface area contributed by atoms with Crippen molar-refractivity contribution in [1.29, 1.82) is 0 Å². The first-order valence-corrected chi connectivity index (χ1v) is 3.47. The maximum atomic E-state index is 10.4. The van der Waals surface area contributed by atoms with E-state index >= 15 is 0 Å². The predicted octanol–water partition coefficient (Wildman–Crippen LogP) is 0.879. The normalized spacial score (nSPS) is 15.5. The third kappa shape index (κ3) is 2.49. The van der Waals surface area contributed by atoms with E-state index in [0.717, 1.165) is 11.6 Å². The molecule has 0 unspecified atom stereocenters. The first-order valence-electron chi connectivity index (χ1n) is 3.47. The summed E-state index contributed by atoms with van der Waals surface area (Å²) in [6, 6.07) is 0. The fourth-order valence-electron chi connectivity index (χ4n) is 0.799. The quantitative estimate of drug-likeness (QED) is 0.486. The minimum absolute atomic E-state index is 0.666. The monoisotopic (exact) mass is 164 g/mol. The van der Waals surface area contributed by atoms with Crippen LogP contribution in [0.2, 0.25) is 0 Å². The number of carbonyl (C=O) groups is 1. The van der Waals surface area contributed by atoms with Crippen LogP contribution >= 0.6 is 0 Å². The van der Waals surface area contributed by atoms with Crippen molar-refractivity contribution in [2.75, 3.05) is 6.54 Å². The second kappa shape index (κ2) is 4.23. The summed E-state index contributed by atoms with van der Waals surface area (Å²) in [5.41, 5.74) is 0.939. The summed E-state index contributed by atoms with van der Waals surface area (Å²) >= 11 is 0. The van der Waals surface area contributed by atoms with Crippen molar-refractivity contribution < 1.29 is 4.79 Å². The van der Waals surface area contributed by atoms with Gasteiger partial charge in [0.1, 0.15) is 0 Å². The number of rotatable bonds is 2. The first-order chi connectivity index (χ1) is 5.83. The van der Waals surface area contributed by atoms with Crippen LogP contribution in [0.1, 0.15) is 0 Å². The van der Waals surface area contributed by atoms with E-state index in [2.05, 4.69) is 10.5 Å². The molecule has 0 aliphatic carbocycles. The van der Waals surface area contributed by atoms with E-state index in [1.165, 1.54) is 0 Å². The third-order valence-electron chi connectivity index (χ3n) is 1.36. The van der Waals surface area contributed by atoms with Crippen LogP contribution in [0.3, 0.4) is 0 Å². The van der Waals surface area contributed by atoms with Crippen molar-refractivity contribution in [2.45, 2.75) is 0 Å². The molecule has 0 fully saturated rings. The SMILES string of the molecule is O=NC(=O)/C=C/C1=CC=CNC1. The Kier molecular flexibility index (Phi) is 2.95. The maximum absolute atomic E-state index is 10.4. The van der Waals surface area contributed by atoms with Crippen LogP contribution in [0.4, 0.5) is 0 Å². The molecule has 0 aromatic heterocycles. The highest BCUT2D eigenvalue weighted by Gasteiger charge is 1.95. The van der Waals surface area contributed by atoms with Gasteiger partial charge in [-0.15, -0.1) is 4.91 Å². The summed E-state index contributed by atoms with van der Waals surface area (Å²) in [4.78, 5) is 20.1. The zero-order valence-electron chi connectivity index (χ0n) is 6.36. The van der Waals surface area contributed by atoms with Gasteiger partial charge in [0.25, 0.3) is 0 Å². The Hall–Kier alpha value is -1.71. The van der Waals surface area contributed by atoms with E-state index in [0.29, 0.717) is 6.54 Å². The van der Waals surface area contributed by atoms with E-state index in [4.69, 9.17) is 0 Å². The lowest BCUT2D eigenvalue weighted by molar-refractivity contribution is -0.113. The molecule has 0 saturated heterocycles. The van der Waals surface area contributed by atoms with Crippen molar-refractivity contribution in [1.82, 2.24) is 5.32 Å². The van der Waals surface area contributed by atoms with Crippen molar-refractivity contribution in [3.8, 4) is 0 Å². The molecule has 0 aromatic carbocycles. The average molecular weight is 164 g/mol. The molecule has 0 aromatic rings. The van der Waals surface area contributed by atoms with Gasteiger partial charge in [-0.25, -0.2) is 0 Å². The number of nitrogens with zero attached hydrogens (tertiary/aromatic N) is 1.